The normalized spacial score (nSPS) is 18.0. The largest absolute Gasteiger partial charge is 0.484 e. The van der Waals surface area contributed by atoms with E-state index in [0.29, 0.717) is 29.7 Å². The lowest BCUT2D eigenvalue weighted by molar-refractivity contribution is -0.136. The number of nitrogens with zero attached hydrogens (tertiary/aromatic N) is 1. The fourth-order valence-corrected chi connectivity index (χ4v) is 5.26. The van der Waals surface area contributed by atoms with Gasteiger partial charge in [0.15, 0.2) is 16.4 Å². The first-order valence-electron chi connectivity index (χ1n) is 9.70. The fourth-order valence-electron chi connectivity index (χ4n) is 3.41. The van der Waals surface area contributed by atoms with Gasteiger partial charge in [0.05, 0.1) is 11.5 Å². The van der Waals surface area contributed by atoms with Crippen LogP contribution >= 0.6 is 11.6 Å². The van der Waals surface area contributed by atoms with E-state index in [-0.39, 0.29) is 30.1 Å². The van der Waals surface area contributed by atoms with Crippen LogP contribution in [0.3, 0.4) is 0 Å². The van der Waals surface area contributed by atoms with Gasteiger partial charge in [0.25, 0.3) is 5.91 Å². The van der Waals surface area contributed by atoms with Crippen LogP contribution in [0.1, 0.15) is 37.3 Å². The second-order valence-electron chi connectivity index (χ2n) is 7.72. The standard InChI is InChI=1S/C22H26ClNO4S/c1-16(2)18-5-3-17(4-6-18)13-24(20-11-12-29(26,27)15-20)22(25)14-28-21-9-7-19(23)8-10-21/h3-10,16,20H,11-15H2,1-2H3/t20-/m1/s1. The van der Waals surface area contributed by atoms with E-state index in [1.807, 2.05) is 12.1 Å². The lowest BCUT2D eigenvalue weighted by Gasteiger charge is -2.28. The van der Waals surface area contributed by atoms with E-state index in [0.717, 1.165) is 5.56 Å². The summed E-state index contributed by atoms with van der Waals surface area (Å²) in [6.45, 7) is 4.47. The van der Waals surface area contributed by atoms with Gasteiger partial charge in [0.2, 0.25) is 0 Å². The van der Waals surface area contributed by atoms with Crippen LogP contribution in [0.25, 0.3) is 0 Å². The Morgan fingerprint density at radius 3 is 2.34 bits per heavy atom. The van der Waals surface area contributed by atoms with E-state index in [2.05, 4.69) is 26.0 Å². The van der Waals surface area contributed by atoms with Crippen molar-refractivity contribution < 1.29 is 17.9 Å². The zero-order chi connectivity index (χ0) is 21.0. The van der Waals surface area contributed by atoms with Crippen molar-refractivity contribution in [1.82, 2.24) is 4.90 Å². The summed E-state index contributed by atoms with van der Waals surface area (Å²) in [4.78, 5) is 14.6. The van der Waals surface area contributed by atoms with Crippen LogP contribution < -0.4 is 4.74 Å². The van der Waals surface area contributed by atoms with Crippen LogP contribution in [-0.2, 0) is 21.2 Å². The fraction of sp³-hybridized carbons (Fsp3) is 0.409. The molecule has 0 bridgehead atoms. The first-order valence-corrected chi connectivity index (χ1v) is 11.9. The molecule has 1 amide bonds. The minimum Gasteiger partial charge on any atom is -0.484 e. The van der Waals surface area contributed by atoms with E-state index < -0.39 is 9.84 Å². The Labute approximate surface area is 177 Å². The first-order chi connectivity index (χ1) is 13.7. The summed E-state index contributed by atoms with van der Waals surface area (Å²) < 4.78 is 29.5. The molecule has 1 saturated heterocycles. The second kappa shape index (κ2) is 9.18. The molecule has 0 N–H and O–H groups in total. The molecule has 0 aromatic heterocycles. The summed E-state index contributed by atoms with van der Waals surface area (Å²) in [6, 6.07) is 14.6. The van der Waals surface area contributed by atoms with Crippen molar-refractivity contribution >= 4 is 27.3 Å². The zero-order valence-electron chi connectivity index (χ0n) is 16.7. The molecule has 0 radical (unpaired) electrons. The highest BCUT2D eigenvalue weighted by atomic mass is 35.5. The van der Waals surface area contributed by atoms with Gasteiger partial charge in [-0.05, 0) is 47.7 Å². The third-order valence-electron chi connectivity index (χ3n) is 5.14. The van der Waals surface area contributed by atoms with Crippen molar-refractivity contribution in [2.75, 3.05) is 18.1 Å². The molecule has 1 heterocycles. The van der Waals surface area contributed by atoms with Crippen LogP contribution in [0, 0.1) is 0 Å². The Kier molecular flexibility index (Phi) is 6.85. The van der Waals surface area contributed by atoms with Crippen LogP contribution in [-0.4, -0.2) is 43.4 Å². The molecule has 1 aliphatic heterocycles. The number of sulfone groups is 1. The molecule has 2 aromatic rings. The quantitative estimate of drug-likeness (QED) is 0.657. The van der Waals surface area contributed by atoms with Gasteiger partial charge >= 0.3 is 0 Å². The van der Waals surface area contributed by atoms with Crippen molar-refractivity contribution in [2.45, 2.75) is 38.8 Å². The predicted octanol–water partition coefficient (Wildman–Crippen LogP) is 4.06. The summed E-state index contributed by atoms with van der Waals surface area (Å²) in [5.41, 5.74) is 2.19. The van der Waals surface area contributed by atoms with Gasteiger partial charge in [-0.15, -0.1) is 0 Å². The molecule has 0 unspecified atom stereocenters. The highest BCUT2D eigenvalue weighted by Crippen LogP contribution is 2.22. The molecular weight excluding hydrogens is 410 g/mol. The van der Waals surface area contributed by atoms with Crippen molar-refractivity contribution in [1.29, 1.82) is 0 Å². The molecule has 3 rings (SSSR count). The lowest BCUT2D eigenvalue weighted by atomic mass is 10.0. The predicted molar refractivity (Wildman–Crippen MR) is 115 cm³/mol. The Bertz CT molecular complexity index is 940. The van der Waals surface area contributed by atoms with Crippen molar-refractivity contribution in [2.24, 2.45) is 0 Å². The van der Waals surface area contributed by atoms with Gasteiger partial charge in [0, 0.05) is 17.6 Å². The molecule has 2 aromatic carbocycles. The molecule has 1 aliphatic rings. The topological polar surface area (TPSA) is 63.7 Å². The molecule has 0 spiro atoms. The van der Waals surface area contributed by atoms with Gasteiger partial charge in [-0.2, -0.15) is 0 Å². The average molecular weight is 436 g/mol. The number of benzene rings is 2. The van der Waals surface area contributed by atoms with Gasteiger partial charge in [-0.1, -0.05) is 49.7 Å². The number of carbonyl (C=O) groups excluding carboxylic acids is 1. The molecule has 1 fully saturated rings. The minimum atomic E-state index is -3.11. The molecule has 0 saturated carbocycles. The monoisotopic (exact) mass is 435 g/mol. The Morgan fingerprint density at radius 1 is 1.14 bits per heavy atom. The SMILES string of the molecule is CC(C)c1ccc(CN(C(=O)COc2ccc(Cl)cc2)[C@@H]2CCS(=O)(=O)C2)cc1. The molecule has 7 heteroatoms. The van der Waals surface area contributed by atoms with Crippen LogP contribution in [0.4, 0.5) is 0 Å². The zero-order valence-corrected chi connectivity index (χ0v) is 18.2. The summed E-state index contributed by atoms with van der Waals surface area (Å²) in [6.07, 6.45) is 0.457. The van der Waals surface area contributed by atoms with E-state index >= 15 is 0 Å². The first kappa shape index (κ1) is 21.7. The van der Waals surface area contributed by atoms with E-state index in [4.69, 9.17) is 16.3 Å². The van der Waals surface area contributed by atoms with E-state index in [9.17, 15) is 13.2 Å². The maximum atomic E-state index is 12.9. The summed E-state index contributed by atoms with van der Waals surface area (Å²) in [5, 5.41) is 0.589. The number of hydrogen-bond donors (Lipinski definition) is 0. The molecule has 5 nitrogen and oxygen atoms in total. The Hall–Kier alpha value is -2.05. The van der Waals surface area contributed by atoms with Crippen molar-refractivity contribution in [3.8, 4) is 5.75 Å². The average Bonchev–Trinajstić information content (AvgIpc) is 3.05. The third-order valence-corrected chi connectivity index (χ3v) is 7.15. The van der Waals surface area contributed by atoms with Gasteiger partial charge in [0.1, 0.15) is 5.75 Å². The van der Waals surface area contributed by atoms with Gasteiger partial charge in [-0.3, -0.25) is 4.79 Å². The number of amides is 1. The maximum absolute atomic E-state index is 12.9. The third kappa shape index (κ3) is 5.97. The van der Waals surface area contributed by atoms with Gasteiger partial charge in [-0.25, -0.2) is 8.42 Å². The van der Waals surface area contributed by atoms with Gasteiger partial charge < -0.3 is 9.64 Å². The second-order valence-corrected chi connectivity index (χ2v) is 10.4. The molecule has 0 aliphatic carbocycles. The Balaban J connectivity index is 1.73. The minimum absolute atomic E-state index is 0.00373. The lowest BCUT2D eigenvalue weighted by Crippen LogP contribution is -2.43. The number of halogens is 1. The number of rotatable bonds is 7. The van der Waals surface area contributed by atoms with E-state index in [1.165, 1.54) is 5.56 Å². The number of hydrogen-bond acceptors (Lipinski definition) is 4. The molecule has 29 heavy (non-hydrogen) atoms. The van der Waals surface area contributed by atoms with E-state index in [1.54, 1.807) is 29.2 Å². The molecule has 156 valence electrons. The van der Waals surface area contributed by atoms with Crippen LogP contribution in [0.2, 0.25) is 5.02 Å². The number of carbonyl (C=O) groups is 1. The maximum Gasteiger partial charge on any atom is 0.261 e. The van der Waals surface area contributed by atoms with Crippen LogP contribution in [0.15, 0.2) is 48.5 Å². The number of ether oxygens (including phenoxy) is 1. The Morgan fingerprint density at radius 2 is 1.79 bits per heavy atom. The van der Waals surface area contributed by atoms with Crippen molar-refractivity contribution in [3.63, 3.8) is 0 Å². The van der Waals surface area contributed by atoms with Crippen molar-refractivity contribution in [3.05, 3.63) is 64.7 Å². The summed E-state index contributed by atoms with van der Waals surface area (Å²) in [5.74, 6) is 0.864. The van der Waals surface area contributed by atoms with Crippen LogP contribution in [0.5, 0.6) is 5.75 Å². The molecular formula is C22H26ClNO4S. The highest BCUT2D eigenvalue weighted by molar-refractivity contribution is 7.91. The molecule has 1 atom stereocenters. The summed E-state index contributed by atoms with van der Waals surface area (Å²) in [7, 11) is -3.11. The highest BCUT2D eigenvalue weighted by Gasteiger charge is 2.34. The summed E-state index contributed by atoms with van der Waals surface area (Å²) >= 11 is 5.87. The smallest absolute Gasteiger partial charge is 0.261 e.